The van der Waals surface area contributed by atoms with Gasteiger partial charge in [0, 0.05) is 17.3 Å². The van der Waals surface area contributed by atoms with Crippen molar-refractivity contribution in [3.63, 3.8) is 0 Å². The molecule has 1 aromatic heterocycles. The van der Waals surface area contributed by atoms with Gasteiger partial charge in [-0.3, -0.25) is 0 Å². The lowest BCUT2D eigenvalue weighted by molar-refractivity contribution is 0.926. The lowest BCUT2D eigenvalue weighted by atomic mass is 10.1. The van der Waals surface area contributed by atoms with Gasteiger partial charge in [0.2, 0.25) is 0 Å². The molecular weight excluding hydrogens is 400 g/mol. The van der Waals surface area contributed by atoms with E-state index in [1.165, 1.54) is 10.8 Å². The van der Waals surface area contributed by atoms with Crippen molar-refractivity contribution in [2.24, 2.45) is 0 Å². The van der Waals surface area contributed by atoms with Gasteiger partial charge in [-0.1, -0.05) is 60.1 Å². The normalized spacial score (nSPS) is 10.5. The topological polar surface area (TPSA) is 49.0 Å². The van der Waals surface area contributed by atoms with Crippen LogP contribution in [0.4, 0.5) is 17.2 Å². The Balaban J connectivity index is 1.34. The molecule has 4 nitrogen and oxygen atoms in total. The van der Waals surface area contributed by atoms with Crippen LogP contribution in [-0.2, 0) is 6.54 Å². The van der Waals surface area contributed by atoms with E-state index in [1.54, 1.807) is 6.20 Å². The van der Waals surface area contributed by atoms with E-state index in [0.717, 1.165) is 22.8 Å². The van der Waals surface area contributed by atoms with E-state index < -0.39 is 0 Å². The zero-order valence-corrected chi connectivity index (χ0v) is 17.1. The van der Waals surface area contributed by atoms with E-state index in [1.807, 2.05) is 54.6 Å². The third-order valence-electron chi connectivity index (χ3n) is 4.44. The van der Waals surface area contributed by atoms with Crippen LogP contribution in [-0.4, -0.2) is 10.1 Å². The van der Waals surface area contributed by atoms with Gasteiger partial charge in [0.25, 0.3) is 0 Å². The molecule has 3 aromatic carbocycles. The van der Waals surface area contributed by atoms with Gasteiger partial charge >= 0.3 is 0 Å². The quantitative estimate of drug-likeness (QED) is 0.341. The van der Waals surface area contributed by atoms with Gasteiger partial charge in [-0.15, -0.1) is 0 Å². The molecule has 0 radical (unpaired) electrons. The number of hydrogen-bond acceptors (Lipinski definition) is 3. The number of hydrogen-bond donors (Lipinski definition) is 3. The summed E-state index contributed by atoms with van der Waals surface area (Å²) in [5.74, 6) is 0.765. The molecule has 0 aliphatic heterocycles. The minimum atomic E-state index is 0.516. The van der Waals surface area contributed by atoms with Crippen molar-refractivity contribution in [1.29, 1.82) is 0 Å². The Morgan fingerprint density at radius 3 is 2.41 bits per heavy atom. The van der Waals surface area contributed by atoms with Crippen molar-refractivity contribution in [1.82, 2.24) is 10.3 Å². The van der Waals surface area contributed by atoms with Gasteiger partial charge in [0.15, 0.2) is 5.11 Å². The second kappa shape index (κ2) is 8.90. The number of pyridine rings is 1. The first kappa shape index (κ1) is 19.2. The van der Waals surface area contributed by atoms with E-state index in [9.17, 15) is 0 Å². The van der Waals surface area contributed by atoms with Gasteiger partial charge in [-0.25, -0.2) is 4.98 Å². The van der Waals surface area contributed by atoms with Crippen LogP contribution >= 0.6 is 23.8 Å². The molecule has 0 unspecified atom stereocenters. The van der Waals surface area contributed by atoms with Crippen molar-refractivity contribution in [3.8, 4) is 0 Å². The molecular formula is C23H19ClN4S. The monoisotopic (exact) mass is 418 g/mol. The second-order valence-corrected chi connectivity index (χ2v) is 7.33. The van der Waals surface area contributed by atoms with Crippen LogP contribution in [0.5, 0.6) is 0 Å². The summed E-state index contributed by atoms with van der Waals surface area (Å²) in [4.78, 5) is 4.46. The molecule has 6 heteroatoms. The Hall–Kier alpha value is -3.15. The second-order valence-electron chi connectivity index (χ2n) is 6.52. The standard InChI is InChI=1S/C23H19ClN4S/c24-21-8-4-3-7-18(21)14-26-23(29)28-20-11-12-22(25-15-20)27-19-10-9-16-5-1-2-6-17(16)13-19/h1-13,15H,14H2,(H,25,27)(H2,26,28,29). The van der Waals surface area contributed by atoms with E-state index in [2.05, 4.69) is 45.2 Å². The van der Waals surface area contributed by atoms with Crippen LogP contribution in [0.3, 0.4) is 0 Å². The van der Waals surface area contributed by atoms with Crippen LogP contribution in [0.2, 0.25) is 5.02 Å². The number of benzene rings is 3. The van der Waals surface area contributed by atoms with Crippen LogP contribution in [0, 0.1) is 0 Å². The number of rotatable bonds is 5. The summed E-state index contributed by atoms with van der Waals surface area (Å²) < 4.78 is 0. The largest absolute Gasteiger partial charge is 0.358 e. The Morgan fingerprint density at radius 2 is 1.62 bits per heavy atom. The summed E-state index contributed by atoms with van der Waals surface area (Å²) >= 11 is 11.5. The van der Waals surface area contributed by atoms with Crippen molar-refractivity contribution >= 4 is 56.9 Å². The SMILES string of the molecule is S=C(NCc1ccccc1Cl)Nc1ccc(Nc2ccc3ccccc3c2)nc1. The summed E-state index contributed by atoms with van der Waals surface area (Å²) in [7, 11) is 0. The lowest BCUT2D eigenvalue weighted by Crippen LogP contribution is -2.28. The van der Waals surface area contributed by atoms with E-state index in [0.29, 0.717) is 16.7 Å². The predicted octanol–water partition coefficient (Wildman–Crippen LogP) is 6.12. The summed E-state index contributed by atoms with van der Waals surface area (Å²) in [6.07, 6.45) is 1.74. The van der Waals surface area contributed by atoms with E-state index in [4.69, 9.17) is 23.8 Å². The highest BCUT2D eigenvalue weighted by molar-refractivity contribution is 7.80. The first-order valence-electron chi connectivity index (χ1n) is 9.17. The van der Waals surface area contributed by atoms with Crippen molar-refractivity contribution in [2.45, 2.75) is 6.54 Å². The molecule has 0 aliphatic carbocycles. The average molecular weight is 419 g/mol. The molecule has 0 aliphatic rings. The van der Waals surface area contributed by atoms with E-state index >= 15 is 0 Å². The third kappa shape index (κ3) is 5.02. The average Bonchev–Trinajstić information content (AvgIpc) is 2.74. The number of fused-ring (bicyclic) bond motifs is 1. The van der Waals surface area contributed by atoms with Crippen LogP contribution in [0.15, 0.2) is 85.1 Å². The maximum Gasteiger partial charge on any atom is 0.171 e. The molecule has 0 saturated heterocycles. The number of anilines is 3. The maximum atomic E-state index is 6.16. The smallest absolute Gasteiger partial charge is 0.171 e. The maximum absolute atomic E-state index is 6.16. The first-order valence-corrected chi connectivity index (χ1v) is 9.96. The molecule has 144 valence electrons. The predicted molar refractivity (Wildman–Crippen MR) is 126 cm³/mol. The van der Waals surface area contributed by atoms with Crippen LogP contribution in [0.25, 0.3) is 10.8 Å². The molecule has 3 N–H and O–H groups in total. The van der Waals surface area contributed by atoms with Gasteiger partial charge < -0.3 is 16.0 Å². The molecule has 29 heavy (non-hydrogen) atoms. The fourth-order valence-corrected chi connectivity index (χ4v) is 3.34. The number of aromatic nitrogens is 1. The molecule has 0 saturated carbocycles. The molecule has 0 amide bonds. The Bertz CT molecular complexity index is 1140. The molecule has 4 rings (SSSR count). The molecule has 1 heterocycles. The van der Waals surface area contributed by atoms with Gasteiger partial charge in [-0.05, 0) is 58.9 Å². The fraction of sp³-hybridized carbons (Fsp3) is 0.0435. The van der Waals surface area contributed by atoms with Crippen molar-refractivity contribution in [2.75, 3.05) is 10.6 Å². The Kier molecular flexibility index (Phi) is 5.89. The molecule has 0 atom stereocenters. The fourth-order valence-electron chi connectivity index (χ4n) is 2.95. The minimum Gasteiger partial charge on any atom is -0.358 e. The highest BCUT2D eigenvalue weighted by atomic mass is 35.5. The summed E-state index contributed by atoms with van der Waals surface area (Å²) in [6.45, 7) is 0.556. The number of nitrogens with one attached hydrogen (secondary N) is 3. The highest BCUT2D eigenvalue weighted by Crippen LogP contribution is 2.22. The Labute approximate surface area is 179 Å². The lowest BCUT2D eigenvalue weighted by Gasteiger charge is -2.12. The van der Waals surface area contributed by atoms with Gasteiger partial charge in [0.1, 0.15) is 5.82 Å². The molecule has 0 bridgehead atoms. The molecule has 0 spiro atoms. The summed E-state index contributed by atoms with van der Waals surface area (Å²) in [6, 6.07) is 26.0. The molecule has 4 aromatic rings. The zero-order valence-electron chi connectivity index (χ0n) is 15.5. The van der Waals surface area contributed by atoms with Crippen LogP contribution < -0.4 is 16.0 Å². The summed E-state index contributed by atoms with van der Waals surface area (Å²) in [5.41, 5.74) is 2.80. The first-order chi connectivity index (χ1) is 14.2. The molecule has 0 fully saturated rings. The highest BCUT2D eigenvalue weighted by Gasteiger charge is 2.03. The number of halogens is 1. The number of nitrogens with zero attached hydrogens (tertiary/aromatic N) is 1. The summed E-state index contributed by atoms with van der Waals surface area (Å²) in [5, 5.41) is 13.2. The van der Waals surface area contributed by atoms with E-state index in [-0.39, 0.29) is 0 Å². The van der Waals surface area contributed by atoms with Crippen molar-refractivity contribution < 1.29 is 0 Å². The number of thiocarbonyl (C=S) groups is 1. The Morgan fingerprint density at radius 1 is 0.862 bits per heavy atom. The van der Waals surface area contributed by atoms with Crippen LogP contribution in [0.1, 0.15) is 5.56 Å². The van der Waals surface area contributed by atoms with Gasteiger partial charge in [-0.2, -0.15) is 0 Å². The zero-order chi connectivity index (χ0) is 20.1. The van der Waals surface area contributed by atoms with Crippen molar-refractivity contribution in [3.05, 3.63) is 95.6 Å². The third-order valence-corrected chi connectivity index (χ3v) is 5.06. The minimum absolute atomic E-state index is 0.516. The van der Waals surface area contributed by atoms with Gasteiger partial charge in [0.05, 0.1) is 11.9 Å².